The molecule has 0 saturated carbocycles. The summed E-state index contributed by atoms with van der Waals surface area (Å²) in [6, 6.07) is 2.59. The van der Waals surface area contributed by atoms with E-state index in [1.54, 1.807) is 6.07 Å². The van der Waals surface area contributed by atoms with Crippen molar-refractivity contribution in [2.45, 2.75) is 75.7 Å². The smallest absolute Gasteiger partial charge is 0.250 e. The van der Waals surface area contributed by atoms with Gasteiger partial charge in [-0.2, -0.15) is 0 Å². The van der Waals surface area contributed by atoms with Gasteiger partial charge >= 0.3 is 0 Å². The molecule has 4 nitrogen and oxygen atoms in total. The lowest BCUT2D eigenvalue weighted by molar-refractivity contribution is 0.100. The molecule has 0 saturated heterocycles. The van der Waals surface area contributed by atoms with Crippen LogP contribution in [0.2, 0.25) is 4.34 Å². The average molecular weight is 382 g/mol. The number of aliphatic hydroxyl groups excluding tert-OH is 1. The summed E-state index contributed by atoms with van der Waals surface area (Å²) in [6.45, 7) is 6.10. The van der Waals surface area contributed by atoms with Crippen molar-refractivity contribution >= 4 is 33.0 Å². The van der Waals surface area contributed by atoms with E-state index in [9.17, 15) is 13.5 Å². The Labute approximate surface area is 149 Å². The Hall–Kier alpha value is -0.140. The number of unbranched alkanes of at least 4 members (excludes halogenated alkanes) is 3. The number of rotatable bonds is 11. The number of aliphatic hydroxyl groups is 1. The second-order valence-corrected chi connectivity index (χ2v) is 9.66. The van der Waals surface area contributed by atoms with Gasteiger partial charge < -0.3 is 5.11 Å². The van der Waals surface area contributed by atoms with E-state index in [1.165, 1.54) is 6.07 Å². The van der Waals surface area contributed by atoms with E-state index in [0.717, 1.165) is 43.4 Å². The minimum absolute atomic E-state index is 0.0568. The molecule has 0 aliphatic heterocycles. The zero-order chi connectivity index (χ0) is 17.5. The van der Waals surface area contributed by atoms with E-state index >= 15 is 0 Å². The Morgan fingerprint density at radius 3 is 2.48 bits per heavy atom. The number of hydrogen-bond acceptors (Lipinski definition) is 4. The summed E-state index contributed by atoms with van der Waals surface area (Å²) < 4.78 is 28.3. The van der Waals surface area contributed by atoms with E-state index in [-0.39, 0.29) is 10.1 Å². The van der Waals surface area contributed by atoms with Crippen LogP contribution < -0.4 is 4.72 Å². The minimum Gasteiger partial charge on any atom is -0.391 e. The highest BCUT2D eigenvalue weighted by molar-refractivity contribution is 7.91. The summed E-state index contributed by atoms with van der Waals surface area (Å²) in [5.41, 5.74) is 0. The van der Waals surface area contributed by atoms with Crippen LogP contribution in [0.3, 0.4) is 0 Å². The molecule has 2 N–H and O–H groups in total. The molecular formula is C16H28ClNO3S2. The molecule has 0 bridgehead atoms. The molecule has 0 aliphatic carbocycles. The predicted molar refractivity (Wildman–Crippen MR) is 97.7 cm³/mol. The Morgan fingerprint density at radius 1 is 1.26 bits per heavy atom. The molecule has 7 heteroatoms. The van der Waals surface area contributed by atoms with Crippen LogP contribution in [0.4, 0.5) is 0 Å². The summed E-state index contributed by atoms with van der Waals surface area (Å²) in [5.74, 6) is 0.0568. The number of sulfonamides is 1. The van der Waals surface area contributed by atoms with Crippen LogP contribution in [0.15, 0.2) is 16.3 Å². The molecule has 1 aromatic rings. The highest BCUT2D eigenvalue weighted by Gasteiger charge is 2.30. The molecule has 3 atom stereocenters. The fourth-order valence-corrected chi connectivity index (χ4v) is 5.34. The lowest BCUT2D eigenvalue weighted by atomic mass is 9.92. The van der Waals surface area contributed by atoms with Gasteiger partial charge in [-0.3, -0.25) is 0 Å². The summed E-state index contributed by atoms with van der Waals surface area (Å²) in [6.07, 6.45) is 4.99. The van der Waals surface area contributed by atoms with Crippen molar-refractivity contribution in [1.82, 2.24) is 4.72 Å². The molecule has 1 rings (SSSR count). The third kappa shape index (κ3) is 6.70. The first kappa shape index (κ1) is 20.9. The Balaban J connectivity index is 2.77. The van der Waals surface area contributed by atoms with Crippen molar-refractivity contribution in [2.24, 2.45) is 5.92 Å². The molecule has 23 heavy (non-hydrogen) atoms. The van der Waals surface area contributed by atoms with Crippen LogP contribution >= 0.6 is 22.9 Å². The van der Waals surface area contributed by atoms with Gasteiger partial charge in [0.1, 0.15) is 4.21 Å². The molecule has 1 aromatic heterocycles. The third-order valence-electron chi connectivity index (χ3n) is 4.13. The summed E-state index contributed by atoms with van der Waals surface area (Å²) in [4.78, 5) is 0. The molecule has 1 unspecified atom stereocenters. The van der Waals surface area contributed by atoms with Crippen molar-refractivity contribution in [3.05, 3.63) is 16.5 Å². The normalized spacial score (nSPS) is 16.2. The molecule has 0 fully saturated rings. The molecule has 1 heterocycles. The van der Waals surface area contributed by atoms with Gasteiger partial charge in [0, 0.05) is 0 Å². The molecule has 0 radical (unpaired) electrons. The number of thiophene rings is 1. The van der Waals surface area contributed by atoms with Crippen LogP contribution in [0.5, 0.6) is 0 Å². The standard InChI is InChI=1S/C16H28ClNO3S2/c1-4-6-7-8-9-13(19)16(12(3)5-2)18-23(20,21)15-11-10-14(17)22-15/h10-13,16,18-19H,4-9H2,1-3H3/t12-,13-,16?/m0/s1. The maximum absolute atomic E-state index is 12.5. The number of halogens is 1. The summed E-state index contributed by atoms with van der Waals surface area (Å²) >= 11 is 6.86. The maximum Gasteiger partial charge on any atom is 0.250 e. The first-order valence-corrected chi connectivity index (χ1v) is 10.9. The highest BCUT2D eigenvalue weighted by Crippen LogP contribution is 2.27. The maximum atomic E-state index is 12.5. The Morgan fingerprint density at radius 2 is 1.96 bits per heavy atom. The zero-order valence-corrected chi connectivity index (χ0v) is 16.5. The summed E-state index contributed by atoms with van der Waals surface area (Å²) in [7, 11) is -3.65. The van der Waals surface area contributed by atoms with Gasteiger partial charge in [0.2, 0.25) is 10.0 Å². The Bertz CT molecular complexity index is 559. The lowest BCUT2D eigenvalue weighted by Crippen LogP contribution is -2.47. The minimum atomic E-state index is -3.65. The van der Waals surface area contributed by atoms with Crippen LogP contribution in [-0.2, 0) is 10.0 Å². The van der Waals surface area contributed by atoms with Crippen molar-refractivity contribution in [3.63, 3.8) is 0 Å². The van der Waals surface area contributed by atoms with Crippen molar-refractivity contribution < 1.29 is 13.5 Å². The molecule has 0 spiro atoms. The van der Waals surface area contributed by atoms with E-state index in [0.29, 0.717) is 10.8 Å². The largest absolute Gasteiger partial charge is 0.391 e. The van der Waals surface area contributed by atoms with Gasteiger partial charge in [-0.1, -0.05) is 64.5 Å². The van der Waals surface area contributed by atoms with Crippen LogP contribution in [0.25, 0.3) is 0 Å². The molecular weight excluding hydrogens is 354 g/mol. The van der Waals surface area contributed by atoms with Crippen molar-refractivity contribution in [3.8, 4) is 0 Å². The van der Waals surface area contributed by atoms with Gasteiger partial charge in [0.25, 0.3) is 0 Å². The Kier molecular flexibility index (Phi) is 9.08. The summed E-state index contributed by atoms with van der Waals surface area (Å²) in [5, 5.41) is 10.5. The van der Waals surface area contributed by atoms with Crippen LogP contribution in [-0.4, -0.2) is 25.7 Å². The van der Waals surface area contributed by atoms with E-state index in [4.69, 9.17) is 11.6 Å². The van der Waals surface area contributed by atoms with E-state index < -0.39 is 22.2 Å². The van der Waals surface area contributed by atoms with Gasteiger partial charge in [0.05, 0.1) is 16.5 Å². The van der Waals surface area contributed by atoms with Crippen molar-refractivity contribution in [2.75, 3.05) is 0 Å². The fourth-order valence-electron chi connectivity index (χ4n) is 2.47. The van der Waals surface area contributed by atoms with E-state index in [1.807, 2.05) is 13.8 Å². The van der Waals surface area contributed by atoms with Gasteiger partial charge in [0.15, 0.2) is 0 Å². The molecule has 0 amide bonds. The average Bonchev–Trinajstić information content (AvgIpc) is 2.95. The highest BCUT2D eigenvalue weighted by atomic mass is 35.5. The van der Waals surface area contributed by atoms with Gasteiger partial charge in [-0.05, 0) is 24.5 Å². The first-order chi connectivity index (χ1) is 10.8. The van der Waals surface area contributed by atoms with Gasteiger partial charge in [-0.25, -0.2) is 13.1 Å². The lowest BCUT2D eigenvalue weighted by Gasteiger charge is -2.28. The molecule has 0 aliphatic rings. The number of nitrogens with one attached hydrogen (secondary N) is 1. The topological polar surface area (TPSA) is 66.4 Å². The zero-order valence-electron chi connectivity index (χ0n) is 14.1. The first-order valence-electron chi connectivity index (χ1n) is 8.27. The second kappa shape index (κ2) is 9.99. The molecule has 0 aromatic carbocycles. The molecule has 134 valence electrons. The third-order valence-corrected chi connectivity index (χ3v) is 7.31. The van der Waals surface area contributed by atoms with Crippen LogP contribution in [0, 0.1) is 5.92 Å². The van der Waals surface area contributed by atoms with Crippen LogP contribution in [0.1, 0.15) is 59.3 Å². The second-order valence-electron chi connectivity index (χ2n) is 6.01. The van der Waals surface area contributed by atoms with E-state index in [2.05, 4.69) is 11.6 Å². The van der Waals surface area contributed by atoms with Gasteiger partial charge in [-0.15, -0.1) is 11.3 Å². The monoisotopic (exact) mass is 381 g/mol. The SMILES string of the molecule is CCCCCC[C@H](O)C(NS(=O)(=O)c1ccc(Cl)s1)[C@@H](C)CC. The van der Waals surface area contributed by atoms with Crippen molar-refractivity contribution in [1.29, 1.82) is 0 Å². The number of hydrogen-bond donors (Lipinski definition) is 2. The predicted octanol–water partition coefficient (Wildman–Crippen LogP) is 4.43. The fraction of sp³-hybridized carbons (Fsp3) is 0.750. The quantitative estimate of drug-likeness (QED) is 0.557.